The van der Waals surface area contributed by atoms with Gasteiger partial charge in [-0.25, -0.2) is 8.78 Å². The Morgan fingerprint density at radius 3 is 2.64 bits per heavy atom. The number of hydrogen-bond acceptors (Lipinski definition) is 1. The number of hydrogen-bond donors (Lipinski definition) is 0. The van der Waals surface area contributed by atoms with Crippen LogP contribution in [0.1, 0.15) is 5.69 Å². The first kappa shape index (κ1) is 8.59. The van der Waals surface area contributed by atoms with Crippen molar-refractivity contribution in [1.29, 1.82) is 0 Å². The lowest BCUT2D eigenvalue weighted by Gasteiger charge is -1.97. The van der Waals surface area contributed by atoms with Gasteiger partial charge >= 0.3 is 0 Å². The molecule has 0 unspecified atom stereocenters. The second kappa shape index (κ2) is 3.76. The van der Waals surface area contributed by atoms with E-state index in [2.05, 4.69) is 20.9 Å². The average molecular weight is 222 g/mol. The van der Waals surface area contributed by atoms with E-state index in [9.17, 15) is 8.78 Å². The standard InChI is InChI=1S/C7H6BrF2N/c8-5-1-2-6(11-4-5)3-7(9)10/h1-2,4,7H,3H2. The highest BCUT2D eigenvalue weighted by Crippen LogP contribution is 2.09. The van der Waals surface area contributed by atoms with Crippen LogP contribution in [0.15, 0.2) is 22.8 Å². The summed E-state index contributed by atoms with van der Waals surface area (Å²) in [6, 6.07) is 3.28. The smallest absolute Gasteiger partial charge is 0.244 e. The zero-order valence-electron chi connectivity index (χ0n) is 5.60. The van der Waals surface area contributed by atoms with Gasteiger partial charge in [0.15, 0.2) is 0 Å². The molecular formula is C7H6BrF2N. The maximum Gasteiger partial charge on any atom is 0.244 e. The topological polar surface area (TPSA) is 12.9 Å². The third kappa shape index (κ3) is 2.93. The van der Waals surface area contributed by atoms with E-state index in [1.165, 1.54) is 6.20 Å². The number of nitrogens with zero attached hydrogens (tertiary/aromatic N) is 1. The largest absolute Gasteiger partial charge is 0.260 e. The predicted octanol–water partition coefficient (Wildman–Crippen LogP) is 2.65. The molecule has 0 fully saturated rings. The number of pyridine rings is 1. The summed E-state index contributed by atoms with van der Waals surface area (Å²) in [5.74, 6) is 0. The van der Waals surface area contributed by atoms with E-state index in [0.717, 1.165) is 4.47 Å². The van der Waals surface area contributed by atoms with E-state index in [-0.39, 0.29) is 6.42 Å². The number of halogens is 3. The normalized spacial score (nSPS) is 10.5. The zero-order chi connectivity index (χ0) is 8.27. The van der Waals surface area contributed by atoms with E-state index >= 15 is 0 Å². The number of alkyl halides is 2. The van der Waals surface area contributed by atoms with Crippen LogP contribution in [0.3, 0.4) is 0 Å². The third-order valence-electron chi connectivity index (χ3n) is 1.15. The minimum absolute atomic E-state index is 0.271. The lowest BCUT2D eigenvalue weighted by Crippen LogP contribution is -1.98. The molecule has 0 bridgehead atoms. The first-order valence-corrected chi connectivity index (χ1v) is 3.86. The van der Waals surface area contributed by atoms with Crippen molar-refractivity contribution in [2.24, 2.45) is 0 Å². The van der Waals surface area contributed by atoms with Gasteiger partial charge in [0.2, 0.25) is 6.43 Å². The van der Waals surface area contributed by atoms with Gasteiger partial charge in [0.1, 0.15) is 0 Å². The monoisotopic (exact) mass is 221 g/mol. The van der Waals surface area contributed by atoms with Crippen molar-refractivity contribution in [1.82, 2.24) is 4.98 Å². The van der Waals surface area contributed by atoms with Crippen LogP contribution in [0, 0.1) is 0 Å². The van der Waals surface area contributed by atoms with Crippen LogP contribution in [-0.4, -0.2) is 11.4 Å². The highest BCUT2D eigenvalue weighted by atomic mass is 79.9. The molecule has 4 heteroatoms. The fraction of sp³-hybridized carbons (Fsp3) is 0.286. The fourth-order valence-electron chi connectivity index (χ4n) is 0.685. The first-order valence-electron chi connectivity index (χ1n) is 3.07. The highest BCUT2D eigenvalue weighted by molar-refractivity contribution is 9.10. The zero-order valence-corrected chi connectivity index (χ0v) is 7.18. The van der Waals surface area contributed by atoms with Crippen molar-refractivity contribution >= 4 is 15.9 Å². The molecule has 60 valence electrons. The minimum Gasteiger partial charge on any atom is -0.260 e. The molecular weight excluding hydrogens is 216 g/mol. The summed E-state index contributed by atoms with van der Waals surface area (Å²) in [6.45, 7) is 0. The molecule has 0 atom stereocenters. The summed E-state index contributed by atoms with van der Waals surface area (Å²) < 4.78 is 24.3. The second-order valence-electron chi connectivity index (χ2n) is 2.06. The Balaban J connectivity index is 2.66. The summed E-state index contributed by atoms with van der Waals surface area (Å²) in [7, 11) is 0. The Labute approximate surface area is 71.6 Å². The van der Waals surface area contributed by atoms with Gasteiger partial charge in [-0.1, -0.05) is 0 Å². The minimum atomic E-state index is -2.32. The molecule has 0 saturated carbocycles. The van der Waals surface area contributed by atoms with Gasteiger partial charge in [0, 0.05) is 16.4 Å². The van der Waals surface area contributed by atoms with E-state index in [0.29, 0.717) is 5.69 Å². The van der Waals surface area contributed by atoms with Crippen molar-refractivity contribution in [2.45, 2.75) is 12.8 Å². The maximum atomic E-state index is 11.8. The fourth-order valence-corrected chi connectivity index (χ4v) is 0.920. The molecule has 1 aromatic heterocycles. The van der Waals surface area contributed by atoms with Crippen molar-refractivity contribution in [3.8, 4) is 0 Å². The lowest BCUT2D eigenvalue weighted by atomic mass is 10.3. The van der Waals surface area contributed by atoms with Crippen LogP contribution < -0.4 is 0 Å². The summed E-state index contributed by atoms with van der Waals surface area (Å²) in [5.41, 5.74) is 0.420. The van der Waals surface area contributed by atoms with Crippen LogP contribution in [0.2, 0.25) is 0 Å². The van der Waals surface area contributed by atoms with Crippen molar-refractivity contribution in [3.63, 3.8) is 0 Å². The summed E-state index contributed by atoms with van der Waals surface area (Å²) in [4.78, 5) is 3.79. The molecule has 1 rings (SSSR count). The summed E-state index contributed by atoms with van der Waals surface area (Å²) >= 11 is 3.16. The van der Waals surface area contributed by atoms with Crippen molar-refractivity contribution in [3.05, 3.63) is 28.5 Å². The molecule has 0 radical (unpaired) electrons. The summed E-state index contributed by atoms with van der Waals surface area (Å²) in [5, 5.41) is 0. The molecule has 0 N–H and O–H groups in total. The van der Waals surface area contributed by atoms with Gasteiger partial charge in [-0.05, 0) is 28.1 Å². The van der Waals surface area contributed by atoms with E-state index in [4.69, 9.17) is 0 Å². The van der Waals surface area contributed by atoms with Gasteiger partial charge in [-0.2, -0.15) is 0 Å². The Hall–Kier alpha value is -0.510. The van der Waals surface area contributed by atoms with Gasteiger partial charge in [0.25, 0.3) is 0 Å². The van der Waals surface area contributed by atoms with Crippen LogP contribution in [0.5, 0.6) is 0 Å². The van der Waals surface area contributed by atoms with Crippen LogP contribution in [0.25, 0.3) is 0 Å². The summed E-state index contributed by atoms with van der Waals surface area (Å²) in [6.07, 6.45) is -1.07. The Morgan fingerprint density at radius 2 is 2.18 bits per heavy atom. The van der Waals surface area contributed by atoms with Gasteiger partial charge < -0.3 is 0 Å². The van der Waals surface area contributed by atoms with Crippen LogP contribution >= 0.6 is 15.9 Å². The average Bonchev–Trinajstić information content (AvgIpc) is 1.93. The van der Waals surface area contributed by atoms with Gasteiger partial charge in [-0.15, -0.1) is 0 Å². The maximum absolute atomic E-state index is 11.8. The quantitative estimate of drug-likeness (QED) is 0.749. The molecule has 0 saturated heterocycles. The molecule has 11 heavy (non-hydrogen) atoms. The van der Waals surface area contributed by atoms with E-state index in [1.807, 2.05) is 0 Å². The Morgan fingerprint density at radius 1 is 1.45 bits per heavy atom. The van der Waals surface area contributed by atoms with Crippen molar-refractivity contribution < 1.29 is 8.78 Å². The molecule has 0 amide bonds. The molecule has 1 heterocycles. The van der Waals surface area contributed by atoms with E-state index in [1.54, 1.807) is 12.1 Å². The number of aromatic nitrogens is 1. The molecule has 1 nitrogen and oxygen atoms in total. The molecule has 0 aromatic carbocycles. The molecule has 0 aliphatic carbocycles. The molecule has 0 aliphatic heterocycles. The van der Waals surface area contributed by atoms with E-state index < -0.39 is 6.43 Å². The third-order valence-corrected chi connectivity index (χ3v) is 1.62. The number of rotatable bonds is 2. The van der Waals surface area contributed by atoms with Gasteiger partial charge in [0.05, 0.1) is 6.42 Å². The molecule has 1 aromatic rings. The SMILES string of the molecule is FC(F)Cc1ccc(Br)cn1. The Kier molecular flexibility index (Phi) is 2.93. The van der Waals surface area contributed by atoms with Crippen LogP contribution in [0.4, 0.5) is 8.78 Å². The second-order valence-corrected chi connectivity index (χ2v) is 2.98. The van der Waals surface area contributed by atoms with Crippen LogP contribution in [-0.2, 0) is 6.42 Å². The Bertz CT molecular complexity index is 222. The van der Waals surface area contributed by atoms with Gasteiger partial charge in [-0.3, -0.25) is 4.98 Å². The lowest BCUT2D eigenvalue weighted by molar-refractivity contribution is 0.148. The highest BCUT2D eigenvalue weighted by Gasteiger charge is 2.04. The first-order chi connectivity index (χ1) is 5.18. The van der Waals surface area contributed by atoms with Crippen molar-refractivity contribution in [2.75, 3.05) is 0 Å². The predicted molar refractivity (Wildman–Crippen MR) is 41.6 cm³/mol. The molecule has 0 spiro atoms. The molecule has 0 aliphatic rings.